The van der Waals surface area contributed by atoms with E-state index in [0.717, 1.165) is 44.7 Å². The molecule has 21 heavy (non-hydrogen) atoms. The molecule has 6 heteroatoms. The van der Waals surface area contributed by atoms with Gasteiger partial charge in [-0.3, -0.25) is 0 Å². The topological polar surface area (TPSA) is 52.7 Å². The molecule has 0 atom stereocenters. The maximum atomic E-state index is 12.7. The van der Waals surface area contributed by atoms with Gasteiger partial charge in [-0.05, 0) is 36.2 Å². The predicted molar refractivity (Wildman–Crippen MR) is 82.5 cm³/mol. The highest BCUT2D eigenvalue weighted by Gasteiger charge is 2.29. The van der Waals surface area contributed by atoms with E-state index in [4.69, 9.17) is 0 Å². The summed E-state index contributed by atoms with van der Waals surface area (Å²) in [5.41, 5.74) is 2.32. The van der Waals surface area contributed by atoms with Crippen molar-refractivity contribution in [3.05, 3.63) is 29.3 Å². The van der Waals surface area contributed by atoms with Gasteiger partial charge >= 0.3 is 0 Å². The monoisotopic (exact) mass is 309 g/mol. The fourth-order valence-electron chi connectivity index (χ4n) is 3.09. The van der Waals surface area contributed by atoms with E-state index >= 15 is 0 Å². The molecule has 0 bridgehead atoms. The summed E-state index contributed by atoms with van der Waals surface area (Å²) < 4.78 is 27.1. The van der Waals surface area contributed by atoms with E-state index in [9.17, 15) is 8.42 Å². The second kappa shape index (κ2) is 6.04. The fourth-order valence-corrected chi connectivity index (χ4v) is 4.56. The average molecular weight is 309 g/mol. The van der Waals surface area contributed by atoms with Gasteiger partial charge in [0.05, 0.1) is 4.90 Å². The van der Waals surface area contributed by atoms with Crippen LogP contribution >= 0.6 is 0 Å². The van der Waals surface area contributed by atoms with Crippen molar-refractivity contribution >= 4 is 10.0 Å². The van der Waals surface area contributed by atoms with Crippen molar-refractivity contribution in [1.29, 1.82) is 0 Å². The molecule has 0 spiro atoms. The Bertz CT molecular complexity index is 607. The molecule has 2 heterocycles. The number of fused-ring (bicyclic) bond motifs is 1. The molecule has 1 aromatic rings. The van der Waals surface area contributed by atoms with Crippen molar-refractivity contribution in [2.45, 2.75) is 31.3 Å². The zero-order valence-electron chi connectivity index (χ0n) is 12.5. The van der Waals surface area contributed by atoms with Gasteiger partial charge in [-0.1, -0.05) is 13.0 Å². The lowest BCUT2D eigenvalue weighted by Gasteiger charge is -2.33. The lowest BCUT2D eigenvalue weighted by atomic mass is 10.1. The Labute approximate surface area is 127 Å². The normalized spacial score (nSPS) is 20.6. The summed E-state index contributed by atoms with van der Waals surface area (Å²) in [6, 6.07) is 5.53. The first-order valence-corrected chi connectivity index (χ1v) is 9.10. The third-order valence-electron chi connectivity index (χ3n) is 4.32. The van der Waals surface area contributed by atoms with E-state index in [2.05, 4.69) is 17.1 Å². The van der Waals surface area contributed by atoms with Gasteiger partial charge in [-0.2, -0.15) is 4.31 Å². The fraction of sp³-hybridized carbons (Fsp3) is 0.600. The Kier molecular flexibility index (Phi) is 4.31. The van der Waals surface area contributed by atoms with Crippen LogP contribution in [0.4, 0.5) is 0 Å². The third kappa shape index (κ3) is 2.99. The largest absolute Gasteiger partial charge is 0.309 e. The van der Waals surface area contributed by atoms with Crippen molar-refractivity contribution < 1.29 is 8.42 Å². The lowest BCUT2D eigenvalue weighted by molar-refractivity contribution is 0.188. The number of benzene rings is 1. The van der Waals surface area contributed by atoms with Gasteiger partial charge in [0.15, 0.2) is 0 Å². The number of hydrogen-bond donors (Lipinski definition) is 1. The summed E-state index contributed by atoms with van der Waals surface area (Å²) in [5, 5.41) is 3.25. The molecule has 0 unspecified atom stereocenters. The van der Waals surface area contributed by atoms with Crippen molar-refractivity contribution in [3.8, 4) is 0 Å². The number of nitrogens with one attached hydrogen (secondary N) is 1. The zero-order valence-corrected chi connectivity index (χ0v) is 13.3. The second-order valence-electron chi connectivity index (χ2n) is 5.78. The van der Waals surface area contributed by atoms with Crippen LogP contribution < -0.4 is 5.32 Å². The molecule has 116 valence electrons. The van der Waals surface area contributed by atoms with E-state index < -0.39 is 10.0 Å². The van der Waals surface area contributed by atoms with E-state index in [1.165, 1.54) is 5.56 Å². The summed E-state index contributed by atoms with van der Waals surface area (Å²) in [6.07, 6.45) is 1.12. The Morgan fingerprint density at radius 2 is 1.81 bits per heavy atom. The van der Waals surface area contributed by atoms with Gasteiger partial charge in [0.2, 0.25) is 10.0 Å². The zero-order chi connectivity index (χ0) is 14.9. The molecule has 1 fully saturated rings. The minimum Gasteiger partial charge on any atom is -0.309 e. The van der Waals surface area contributed by atoms with Crippen LogP contribution in [0.2, 0.25) is 0 Å². The number of nitrogens with zero attached hydrogens (tertiary/aromatic N) is 2. The Morgan fingerprint density at radius 1 is 1.10 bits per heavy atom. The van der Waals surface area contributed by atoms with Crippen LogP contribution in [-0.2, 0) is 23.1 Å². The molecule has 5 nitrogen and oxygen atoms in total. The van der Waals surface area contributed by atoms with Gasteiger partial charge in [0.25, 0.3) is 0 Å². The molecule has 0 amide bonds. The molecule has 0 radical (unpaired) electrons. The van der Waals surface area contributed by atoms with Crippen molar-refractivity contribution in [2.24, 2.45) is 0 Å². The minimum absolute atomic E-state index is 0.439. The summed E-state index contributed by atoms with van der Waals surface area (Å²) in [4.78, 5) is 2.77. The quantitative estimate of drug-likeness (QED) is 0.902. The van der Waals surface area contributed by atoms with E-state index in [1.54, 1.807) is 10.4 Å². The standard InChI is InChI=1S/C15H23N3O2S/c1-2-5-17-6-8-18(9-7-17)21(19,20)15-4-3-13-11-16-12-14(13)10-15/h3-4,10,16H,2,5-9,11-12H2,1H3. The summed E-state index contributed by atoms with van der Waals surface area (Å²) in [7, 11) is -3.34. The molecule has 3 rings (SSSR count). The SMILES string of the molecule is CCCN1CCN(S(=O)(=O)c2ccc3c(c2)CNC3)CC1. The van der Waals surface area contributed by atoms with Crippen LogP contribution in [0.15, 0.2) is 23.1 Å². The van der Waals surface area contributed by atoms with Crippen LogP contribution in [0.1, 0.15) is 24.5 Å². The molecular formula is C15H23N3O2S. The minimum atomic E-state index is -3.34. The third-order valence-corrected chi connectivity index (χ3v) is 6.21. The predicted octanol–water partition coefficient (Wildman–Crippen LogP) is 1.01. The van der Waals surface area contributed by atoms with Gasteiger partial charge < -0.3 is 10.2 Å². The van der Waals surface area contributed by atoms with E-state index in [1.807, 2.05) is 12.1 Å². The van der Waals surface area contributed by atoms with Crippen LogP contribution in [0.25, 0.3) is 0 Å². The highest BCUT2D eigenvalue weighted by atomic mass is 32.2. The summed E-state index contributed by atoms with van der Waals surface area (Å²) in [5.74, 6) is 0. The molecular weight excluding hydrogens is 286 g/mol. The van der Waals surface area contributed by atoms with Crippen molar-refractivity contribution in [3.63, 3.8) is 0 Å². The number of sulfonamides is 1. The maximum Gasteiger partial charge on any atom is 0.243 e. The van der Waals surface area contributed by atoms with Crippen LogP contribution in [0.3, 0.4) is 0 Å². The number of rotatable bonds is 4. The van der Waals surface area contributed by atoms with Crippen LogP contribution in [-0.4, -0.2) is 50.3 Å². The van der Waals surface area contributed by atoms with Crippen LogP contribution in [0.5, 0.6) is 0 Å². The van der Waals surface area contributed by atoms with E-state index in [-0.39, 0.29) is 0 Å². The Balaban J connectivity index is 1.75. The molecule has 1 N–H and O–H groups in total. The summed E-state index contributed by atoms with van der Waals surface area (Å²) in [6.45, 7) is 7.67. The smallest absolute Gasteiger partial charge is 0.243 e. The van der Waals surface area contributed by atoms with Gasteiger partial charge in [-0.15, -0.1) is 0 Å². The van der Waals surface area contributed by atoms with Gasteiger partial charge in [0.1, 0.15) is 0 Å². The second-order valence-corrected chi connectivity index (χ2v) is 7.72. The molecule has 1 aromatic carbocycles. The molecule has 2 aliphatic rings. The maximum absolute atomic E-state index is 12.7. The first kappa shape index (κ1) is 15.0. The van der Waals surface area contributed by atoms with Gasteiger partial charge in [-0.25, -0.2) is 8.42 Å². The van der Waals surface area contributed by atoms with Crippen molar-refractivity contribution in [2.75, 3.05) is 32.7 Å². The number of hydrogen-bond acceptors (Lipinski definition) is 4. The molecule has 1 saturated heterocycles. The molecule has 0 aromatic heterocycles. The van der Waals surface area contributed by atoms with Crippen molar-refractivity contribution in [1.82, 2.24) is 14.5 Å². The first-order valence-electron chi connectivity index (χ1n) is 7.66. The molecule has 0 saturated carbocycles. The Morgan fingerprint density at radius 3 is 2.52 bits per heavy atom. The Hall–Kier alpha value is -0.950. The first-order chi connectivity index (χ1) is 10.1. The highest BCUT2D eigenvalue weighted by Crippen LogP contribution is 2.23. The average Bonchev–Trinajstić information content (AvgIpc) is 2.95. The van der Waals surface area contributed by atoms with Gasteiger partial charge in [0, 0.05) is 39.3 Å². The molecule has 2 aliphatic heterocycles. The van der Waals surface area contributed by atoms with E-state index in [0.29, 0.717) is 18.0 Å². The highest BCUT2D eigenvalue weighted by molar-refractivity contribution is 7.89. The molecule has 0 aliphatic carbocycles. The number of piperazine rings is 1. The van der Waals surface area contributed by atoms with Crippen LogP contribution in [0, 0.1) is 0 Å². The summed E-state index contributed by atoms with van der Waals surface area (Å²) >= 11 is 0. The lowest BCUT2D eigenvalue weighted by Crippen LogP contribution is -2.48.